The van der Waals surface area contributed by atoms with Crippen molar-refractivity contribution in [2.75, 3.05) is 19.8 Å². The highest BCUT2D eigenvalue weighted by Crippen LogP contribution is 2.16. The molecule has 2 rings (SSSR count). The van der Waals surface area contributed by atoms with Gasteiger partial charge >= 0.3 is 5.97 Å². The van der Waals surface area contributed by atoms with E-state index in [1.54, 1.807) is 24.3 Å². The molecular formula is C14H17NO5. The fourth-order valence-corrected chi connectivity index (χ4v) is 2.06. The summed E-state index contributed by atoms with van der Waals surface area (Å²) < 4.78 is 10.4. The molecule has 2 N–H and O–H groups in total. The van der Waals surface area contributed by atoms with Gasteiger partial charge in [0.25, 0.3) is 5.91 Å². The number of aliphatic carboxylic acids is 1. The van der Waals surface area contributed by atoms with Crippen LogP contribution in [-0.4, -0.2) is 42.8 Å². The average Bonchev–Trinajstić information content (AvgIpc) is 2.88. The van der Waals surface area contributed by atoms with Gasteiger partial charge in [-0.3, -0.25) is 9.59 Å². The molecule has 0 saturated carbocycles. The molecular weight excluding hydrogens is 262 g/mol. The number of amides is 1. The molecule has 20 heavy (non-hydrogen) atoms. The zero-order chi connectivity index (χ0) is 14.5. The van der Waals surface area contributed by atoms with Crippen LogP contribution in [0, 0.1) is 5.92 Å². The Morgan fingerprint density at radius 2 is 2.05 bits per heavy atom. The van der Waals surface area contributed by atoms with Crippen molar-refractivity contribution in [1.82, 2.24) is 5.32 Å². The lowest BCUT2D eigenvalue weighted by atomic mass is 10.0. The van der Waals surface area contributed by atoms with Gasteiger partial charge in [0.05, 0.1) is 25.9 Å². The summed E-state index contributed by atoms with van der Waals surface area (Å²) in [6, 6.07) is 6.21. The van der Waals surface area contributed by atoms with Crippen LogP contribution in [-0.2, 0) is 9.53 Å². The lowest BCUT2D eigenvalue weighted by molar-refractivity contribution is -0.142. The summed E-state index contributed by atoms with van der Waals surface area (Å²) in [4.78, 5) is 23.0. The van der Waals surface area contributed by atoms with Crippen LogP contribution < -0.4 is 10.1 Å². The molecule has 1 aliphatic rings. The second kappa shape index (κ2) is 6.38. The summed E-state index contributed by atoms with van der Waals surface area (Å²) in [7, 11) is 0. The maximum absolute atomic E-state index is 12.0. The van der Waals surface area contributed by atoms with Gasteiger partial charge in [0.1, 0.15) is 11.7 Å². The van der Waals surface area contributed by atoms with Crippen LogP contribution in [0.15, 0.2) is 24.3 Å². The molecule has 1 amide bonds. The molecule has 0 aromatic heterocycles. The minimum absolute atomic E-state index is 0.129. The highest BCUT2D eigenvalue weighted by Gasteiger charge is 2.35. The molecule has 108 valence electrons. The maximum Gasteiger partial charge on any atom is 0.311 e. The van der Waals surface area contributed by atoms with E-state index in [0.29, 0.717) is 17.9 Å². The van der Waals surface area contributed by atoms with Crippen molar-refractivity contribution >= 4 is 11.9 Å². The minimum Gasteiger partial charge on any atom is -0.494 e. The van der Waals surface area contributed by atoms with E-state index in [2.05, 4.69) is 5.32 Å². The van der Waals surface area contributed by atoms with E-state index in [9.17, 15) is 9.59 Å². The standard InChI is InChI=1S/C14H17NO5/c1-2-20-10-5-3-9(4-6-10)13(16)15-12-8-19-7-11(12)14(17)18/h3-6,11-12H,2,7-8H2,1H3,(H,15,16)(H,17,18). The summed E-state index contributed by atoms with van der Waals surface area (Å²) >= 11 is 0. The van der Waals surface area contributed by atoms with Crippen LogP contribution in [0.4, 0.5) is 0 Å². The van der Waals surface area contributed by atoms with Gasteiger partial charge in [-0.1, -0.05) is 0 Å². The van der Waals surface area contributed by atoms with Crippen LogP contribution >= 0.6 is 0 Å². The Bertz CT molecular complexity index is 485. The molecule has 1 aliphatic heterocycles. The Hall–Kier alpha value is -2.08. The molecule has 1 fully saturated rings. The molecule has 6 nitrogen and oxygen atoms in total. The third kappa shape index (κ3) is 3.27. The number of carboxylic acids is 1. The van der Waals surface area contributed by atoms with Gasteiger partial charge in [-0.05, 0) is 31.2 Å². The second-order valence-electron chi connectivity index (χ2n) is 4.52. The molecule has 2 unspecified atom stereocenters. The first-order chi connectivity index (χ1) is 9.61. The summed E-state index contributed by atoms with van der Waals surface area (Å²) in [6.45, 7) is 2.79. The van der Waals surface area contributed by atoms with E-state index in [-0.39, 0.29) is 19.1 Å². The maximum atomic E-state index is 12.0. The van der Waals surface area contributed by atoms with Crippen molar-refractivity contribution in [3.63, 3.8) is 0 Å². The molecule has 0 bridgehead atoms. The Balaban J connectivity index is 1.99. The topological polar surface area (TPSA) is 84.9 Å². The fourth-order valence-electron chi connectivity index (χ4n) is 2.06. The number of ether oxygens (including phenoxy) is 2. The van der Waals surface area contributed by atoms with Crippen LogP contribution in [0.25, 0.3) is 0 Å². The third-order valence-corrected chi connectivity index (χ3v) is 3.14. The van der Waals surface area contributed by atoms with Gasteiger partial charge in [-0.2, -0.15) is 0 Å². The van der Waals surface area contributed by atoms with Crippen molar-refractivity contribution < 1.29 is 24.2 Å². The van der Waals surface area contributed by atoms with Crippen molar-refractivity contribution in [3.8, 4) is 5.75 Å². The zero-order valence-corrected chi connectivity index (χ0v) is 11.2. The number of hydrogen-bond acceptors (Lipinski definition) is 4. The highest BCUT2D eigenvalue weighted by molar-refractivity contribution is 5.94. The number of rotatable bonds is 5. The highest BCUT2D eigenvalue weighted by atomic mass is 16.5. The fraction of sp³-hybridized carbons (Fsp3) is 0.429. The quantitative estimate of drug-likeness (QED) is 0.837. The number of nitrogens with one attached hydrogen (secondary N) is 1. The van der Waals surface area contributed by atoms with E-state index in [1.807, 2.05) is 6.92 Å². The molecule has 0 radical (unpaired) electrons. The lowest BCUT2D eigenvalue weighted by Crippen LogP contribution is -2.42. The van der Waals surface area contributed by atoms with E-state index in [1.165, 1.54) is 0 Å². The number of hydrogen-bond donors (Lipinski definition) is 2. The molecule has 2 atom stereocenters. The summed E-state index contributed by atoms with van der Waals surface area (Å²) in [5, 5.41) is 11.7. The Morgan fingerprint density at radius 1 is 1.35 bits per heavy atom. The van der Waals surface area contributed by atoms with Crippen molar-refractivity contribution in [3.05, 3.63) is 29.8 Å². The van der Waals surface area contributed by atoms with Gasteiger partial charge in [0.15, 0.2) is 0 Å². The third-order valence-electron chi connectivity index (χ3n) is 3.14. The number of carboxylic acid groups (broad SMARTS) is 1. The Kier molecular flexibility index (Phi) is 4.57. The average molecular weight is 279 g/mol. The van der Waals surface area contributed by atoms with E-state index >= 15 is 0 Å². The van der Waals surface area contributed by atoms with E-state index < -0.39 is 17.9 Å². The van der Waals surface area contributed by atoms with Crippen molar-refractivity contribution in [1.29, 1.82) is 0 Å². The van der Waals surface area contributed by atoms with Crippen molar-refractivity contribution in [2.45, 2.75) is 13.0 Å². The monoisotopic (exact) mass is 279 g/mol. The first kappa shape index (κ1) is 14.3. The first-order valence-corrected chi connectivity index (χ1v) is 6.46. The molecule has 1 saturated heterocycles. The van der Waals surface area contributed by atoms with E-state index in [4.69, 9.17) is 14.6 Å². The van der Waals surface area contributed by atoms with Crippen molar-refractivity contribution in [2.24, 2.45) is 5.92 Å². The Morgan fingerprint density at radius 3 is 2.65 bits per heavy atom. The summed E-state index contributed by atoms with van der Waals surface area (Å²) in [5.41, 5.74) is 0.462. The SMILES string of the molecule is CCOc1ccc(C(=O)NC2COCC2C(=O)O)cc1. The summed E-state index contributed by atoms with van der Waals surface area (Å²) in [5.74, 6) is -1.27. The van der Waals surface area contributed by atoms with Gasteiger partial charge in [0, 0.05) is 5.56 Å². The number of carbonyl (C=O) groups is 2. The molecule has 1 heterocycles. The smallest absolute Gasteiger partial charge is 0.311 e. The van der Waals surface area contributed by atoms with Gasteiger partial charge in [-0.15, -0.1) is 0 Å². The second-order valence-corrected chi connectivity index (χ2v) is 4.52. The lowest BCUT2D eigenvalue weighted by Gasteiger charge is -2.15. The molecule has 0 spiro atoms. The predicted octanol–water partition coefficient (Wildman–Crippen LogP) is 0.915. The van der Waals surface area contributed by atoms with Crippen LogP contribution in [0.2, 0.25) is 0 Å². The number of benzene rings is 1. The first-order valence-electron chi connectivity index (χ1n) is 6.46. The molecule has 6 heteroatoms. The largest absolute Gasteiger partial charge is 0.494 e. The van der Waals surface area contributed by atoms with Crippen LogP contribution in [0.3, 0.4) is 0 Å². The Labute approximate surface area is 116 Å². The number of carbonyl (C=O) groups excluding carboxylic acids is 1. The predicted molar refractivity (Wildman–Crippen MR) is 70.8 cm³/mol. The zero-order valence-electron chi connectivity index (χ0n) is 11.2. The molecule has 0 aliphatic carbocycles. The van der Waals surface area contributed by atoms with Gasteiger partial charge < -0.3 is 19.9 Å². The molecule has 1 aromatic rings. The normalized spacial score (nSPS) is 21.4. The van der Waals surface area contributed by atoms with E-state index in [0.717, 1.165) is 0 Å². The minimum atomic E-state index is -0.959. The summed E-state index contributed by atoms with van der Waals surface area (Å²) in [6.07, 6.45) is 0. The van der Waals surface area contributed by atoms with Crippen LogP contribution in [0.5, 0.6) is 5.75 Å². The molecule has 1 aromatic carbocycles. The van der Waals surface area contributed by atoms with Gasteiger partial charge in [0.2, 0.25) is 0 Å². The van der Waals surface area contributed by atoms with Gasteiger partial charge in [-0.25, -0.2) is 0 Å². The van der Waals surface area contributed by atoms with Crippen LogP contribution in [0.1, 0.15) is 17.3 Å².